The molecule has 2 heteroatoms. The first-order chi connectivity index (χ1) is 4.83. The first-order valence-corrected chi connectivity index (χ1v) is 4.20. The second-order valence-electron chi connectivity index (χ2n) is 3.27. The zero-order valence-electron chi connectivity index (χ0n) is 6.77. The number of rotatable bonds is 2. The lowest BCUT2D eigenvalue weighted by molar-refractivity contribution is 0.152. The van der Waals surface area contributed by atoms with Crippen LogP contribution in [-0.4, -0.2) is 36.2 Å². The first kappa shape index (κ1) is 8.02. The highest BCUT2D eigenvalue weighted by Gasteiger charge is 2.14. The maximum atomic E-state index is 7.05. The Morgan fingerprint density at radius 1 is 1.40 bits per heavy atom. The third kappa shape index (κ3) is 2.27. The molecule has 60 valence electrons. The van der Waals surface area contributed by atoms with E-state index in [-0.39, 0.29) is 0 Å². The molecule has 1 aliphatic rings. The SMILES string of the molecule is CC1CCN(CC[OH2+])CC1. The Balaban J connectivity index is 2.13. The molecule has 2 nitrogen and oxygen atoms in total. The third-order valence-electron chi connectivity index (χ3n) is 2.30. The van der Waals surface area contributed by atoms with Gasteiger partial charge in [-0.25, -0.2) is 0 Å². The van der Waals surface area contributed by atoms with Crippen LogP contribution in [0.25, 0.3) is 0 Å². The van der Waals surface area contributed by atoms with Crippen molar-refractivity contribution in [2.45, 2.75) is 19.8 Å². The summed E-state index contributed by atoms with van der Waals surface area (Å²) in [6.07, 6.45) is 2.67. The normalized spacial score (nSPS) is 23.4. The van der Waals surface area contributed by atoms with E-state index >= 15 is 0 Å². The molecule has 1 saturated heterocycles. The van der Waals surface area contributed by atoms with Gasteiger partial charge in [-0.3, -0.25) is 4.90 Å². The lowest BCUT2D eigenvalue weighted by atomic mass is 9.99. The summed E-state index contributed by atoms with van der Waals surface area (Å²) in [5.41, 5.74) is 0. The minimum absolute atomic E-state index is 0.564. The van der Waals surface area contributed by atoms with Crippen molar-refractivity contribution in [3.8, 4) is 0 Å². The predicted octanol–water partition coefficient (Wildman–Crippen LogP) is 0.443. The highest BCUT2D eigenvalue weighted by Crippen LogP contribution is 2.14. The maximum Gasteiger partial charge on any atom is 0.156 e. The van der Waals surface area contributed by atoms with Crippen molar-refractivity contribution in [3.05, 3.63) is 0 Å². The lowest BCUT2D eigenvalue weighted by Crippen LogP contribution is -2.34. The molecule has 0 aromatic heterocycles. The molecule has 0 aromatic rings. The summed E-state index contributed by atoms with van der Waals surface area (Å²) in [4.78, 5) is 2.40. The standard InChI is InChI=1S/C8H17NO/c1-8-2-4-9(5-3-8)6-7-10/h8,10H,2-7H2,1H3/p+1. The molecule has 0 unspecified atom stereocenters. The van der Waals surface area contributed by atoms with Gasteiger partial charge in [0.25, 0.3) is 0 Å². The fourth-order valence-electron chi connectivity index (χ4n) is 1.44. The van der Waals surface area contributed by atoms with Gasteiger partial charge in [0.1, 0.15) is 0 Å². The average Bonchev–Trinajstić information content (AvgIpc) is 1.95. The molecule has 0 amide bonds. The zero-order chi connectivity index (χ0) is 7.40. The van der Waals surface area contributed by atoms with Gasteiger partial charge < -0.3 is 5.11 Å². The van der Waals surface area contributed by atoms with E-state index in [1.54, 1.807) is 0 Å². The second kappa shape index (κ2) is 3.94. The van der Waals surface area contributed by atoms with Crippen LogP contribution < -0.4 is 0 Å². The maximum absolute atomic E-state index is 7.05. The van der Waals surface area contributed by atoms with Gasteiger partial charge in [0.05, 0.1) is 6.54 Å². The second-order valence-corrected chi connectivity index (χ2v) is 3.27. The molecule has 1 heterocycles. The molecular formula is C8H18NO+. The fourth-order valence-corrected chi connectivity index (χ4v) is 1.44. The summed E-state index contributed by atoms with van der Waals surface area (Å²) in [5, 5.41) is 7.05. The third-order valence-corrected chi connectivity index (χ3v) is 2.30. The molecule has 1 fully saturated rings. The van der Waals surface area contributed by atoms with Crippen molar-refractivity contribution in [1.29, 1.82) is 0 Å². The minimum Gasteiger partial charge on any atom is -0.444 e. The van der Waals surface area contributed by atoms with Crippen LogP contribution in [0.3, 0.4) is 0 Å². The van der Waals surface area contributed by atoms with E-state index in [0.717, 1.165) is 12.5 Å². The summed E-state index contributed by atoms with van der Waals surface area (Å²) in [6, 6.07) is 0. The van der Waals surface area contributed by atoms with Gasteiger partial charge in [0.2, 0.25) is 0 Å². The van der Waals surface area contributed by atoms with Crippen molar-refractivity contribution in [2.24, 2.45) is 5.92 Å². The molecule has 0 aromatic carbocycles. The Kier molecular flexibility index (Phi) is 3.16. The van der Waals surface area contributed by atoms with Gasteiger partial charge >= 0.3 is 0 Å². The number of likely N-dealkylation sites (tertiary alicyclic amines) is 1. The number of nitrogens with zero attached hydrogens (tertiary/aromatic N) is 1. The van der Waals surface area contributed by atoms with Gasteiger partial charge in [-0.1, -0.05) is 6.92 Å². The van der Waals surface area contributed by atoms with E-state index < -0.39 is 0 Å². The van der Waals surface area contributed by atoms with Gasteiger partial charge in [-0.05, 0) is 31.8 Å². The molecule has 0 aliphatic carbocycles. The Labute approximate surface area is 62.8 Å². The molecule has 0 radical (unpaired) electrons. The molecule has 1 aliphatic heterocycles. The van der Waals surface area contributed by atoms with E-state index in [1.807, 2.05) is 0 Å². The monoisotopic (exact) mass is 144 g/mol. The quantitative estimate of drug-likeness (QED) is 0.516. The first-order valence-electron chi connectivity index (χ1n) is 4.20. The smallest absolute Gasteiger partial charge is 0.156 e. The molecule has 1 rings (SSSR count). The fraction of sp³-hybridized carbons (Fsp3) is 1.00. The summed E-state index contributed by atoms with van der Waals surface area (Å²) in [6.45, 7) is 6.30. The summed E-state index contributed by atoms with van der Waals surface area (Å²) in [5.74, 6) is 0.919. The van der Waals surface area contributed by atoms with Crippen molar-refractivity contribution in [2.75, 3.05) is 26.2 Å². The number of hydrogen-bond donors (Lipinski definition) is 0. The predicted molar refractivity (Wildman–Crippen MR) is 43.3 cm³/mol. The Morgan fingerprint density at radius 3 is 2.50 bits per heavy atom. The molecule has 0 bridgehead atoms. The molecule has 0 saturated carbocycles. The van der Waals surface area contributed by atoms with E-state index in [9.17, 15) is 0 Å². The van der Waals surface area contributed by atoms with E-state index in [2.05, 4.69) is 11.8 Å². The van der Waals surface area contributed by atoms with Gasteiger partial charge in [0, 0.05) is 0 Å². The van der Waals surface area contributed by atoms with Crippen molar-refractivity contribution < 1.29 is 5.11 Å². The Hall–Kier alpha value is -0.0800. The largest absolute Gasteiger partial charge is 0.444 e. The highest BCUT2D eigenvalue weighted by molar-refractivity contribution is 4.68. The Bertz CT molecular complexity index is 87.3. The molecule has 2 N–H and O–H groups in total. The minimum atomic E-state index is 0.564. The van der Waals surface area contributed by atoms with Crippen LogP contribution in [0.4, 0.5) is 0 Å². The van der Waals surface area contributed by atoms with Crippen LogP contribution in [0, 0.1) is 5.92 Å². The van der Waals surface area contributed by atoms with Crippen LogP contribution in [0.1, 0.15) is 19.8 Å². The summed E-state index contributed by atoms with van der Waals surface area (Å²) in [7, 11) is 0. The highest BCUT2D eigenvalue weighted by atomic mass is 16.3. The molecular weight excluding hydrogens is 126 g/mol. The van der Waals surface area contributed by atoms with Crippen LogP contribution in [0.5, 0.6) is 0 Å². The summed E-state index contributed by atoms with van der Waals surface area (Å²) < 4.78 is 0. The van der Waals surface area contributed by atoms with E-state index in [1.165, 1.54) is 25.9 Å². The van der Waals surface area contributed by atoms with Gasteiger partial charge in [0.15, 0.2) is 6.61 Å². The lowest BCUT2D eigenvalue weighted by Gasteiger charge is -2.28. The molecule has 10 heavy (non-hydrogen) atoms. The van der Waals surface area contributed by atoms with Crippen LogP contribution in [-0.2, 0) is 0 Å². The Morgan fingerprint density at radius 2 is 2.00 bits per heavy atom. The van der Waals surface area contributed by atoms with Crippen LogP contribution in [0.2, 0.25) is 0 Å². The van der Waals surface area contributed by atoms with Crippen LogP contribution >= 0.6 is 0 Å². The van der Waals surface area contributed by atoms with Crippen molar-refractivity contribution >= 4 is 0 Å². The zero-order valence-corrected chi connectivity index (χ0v) is 6.77. The molecule has 0 spiro atoms. The number of piperidine rings is 1. The molecule has 0 atom stereocenters. The average molecular weight is 144 g/mol. The number of hydrogen-bond acceptors (Lipinski definition) is 1. The van der Waals surface area contributed by atoms with Crippen molar-refractivity contribution in [3.63, 3.8) is 0 Å². The van der Waals surface area contributed by atoms with Crippen molar-refractivity contribution in [1.82, 2.24) is 4.90 Å². The van der Waals surface area contributed by atoms with Gasteiger partial charge in [-0.2, -0.15) is 0 Å². The topological polar surface area (TPSA) is 26.1 Å². The van der Waals surface area contributed by atoms with Crippen LogP contribution in [0.15, 0.2) is 0 Å². The summed E-state index contributed by atoms with van der Waals surface area (Å²) >= 11 is 0. The van der Waals surface area contributed by atoms with Gasteiger partial charge in [-0.15, -0.1) is 0 Å². The van der Waals surface area contributed by atoms with E-state index in [4.69, 9.17) is 5.11 Å². The van der Waals surface area contributed by atoms with E-state index in [0.29, 0.717) is 6.61 Å².